The normalized spacial score (nSPS) is 19.9. The number of aromatic nitrogens is 1. The highest BCUT2D eigenvalue weighted by molar-refractivity contribution is 8.24. The summed E-state index contributed by atoms with van der Waals surface area (Å²) in [5, 5.41) is 7.73. The summed E-state index contributed by atoms with van der Waals surface area (Å²) >= 11 is 0. The van der Waals surface area contributed by atoms with Gasteiger partial charge in [0, 0.05) is 58.5 Å². The van der Waals surface area contributed by atoms with Gasteiger partial charge in [0.25, 0.3) is 5.91 Å². The van der Waals surface area contributed by atoms with Crippen LogP contribution in [0, 0.1) is 5.92 Å². The van der Waals surface area contributed by atoms with E-state index in [0.29, 0.717) is 23.0 Å². The zero-order valence-corrected chi connectivity index (χ0v) is 21.2. The van der Waals surface area contributed by atoms with Crippen LogP contribution in [0.5, 0.6) is 5.75 Å². The highest BCUT2D eigenvalue weighted by atomic mass is 32.3. The van der Waals surface area contributed by atoms with Crippen LogP contribution in [0.4, 0.5) is 5.69 Å². The average Bonchev–Trinajstić information content (AvgIpc) is 3.61. The first-order chi connectivity index (χ1) is 16.8. The van der Waals surface area contributed by atoms with E-state index >= 15 is 0 Å². The molecule has 0 radical (unpaired) electrons. The molecule has 1 saturated carbocycles. The number of nitrogens with zero attached hydrogens (tertiary/aromatic N) is 1. The lowest BCUT2D eigenvalue weighted by molar-refractivity contribution is 0.102. The van der Waals surface area contributed by atoms with Crippen molar-refractivity contribution in [1.29, 1.82) is 0 Å². The molecule has 1 aliphatic heterocycles. The molecule has 35 heavy (non-hydrogen) atoms. The van der Waals surface area contributed by atoms with Gasteiger partial charge in [0.05, 0.1) is 6.61 Å². The zero-order valence-electron chi connectivity index (χ0n) is 20.4. The van der Waals surface area contributed by atoms with Crippen molar-refractivity contribution in [3.05, 3.63) is 59.8 Å². The van der Waals surface area contributed by atoms with Crippen LogP contribution >= 0.6 is 10.6 Å². The standard InChI is InChI=1S/C27H35N3O4S/c1-18(28-22-11-13-35(32,33)14-12-22)26-16-21-15-23(7-10-25(21)30(26)2)29-27(31)20-5-8-24(9-6-20)34-17-19-3-4-19/h5-10,15-16,18-19,22,28,32-33H,3-4,11-14,17H2,1-2H3,(H,29,31). The van der Waals surface area contributed by atoms with Crippen molar-refractivity contribution < 1.29 is 18.6 Å². The van der Waals surface area contributed by atoms with Crippen LogP contribution in [0.25, 0.3) is 10.9 Å². The summed E-state index contributed by atoms with van der Waals surface area (Å²) in [4.78, 5) is 12.8. The Morgan fingerprint density at radius 1 is 1.09 bits per heavy atom. The fourth-order valence-electron chi connectivity index (χ4n) is 4.78. The van der Waals surface area contributed by atoms with E-state index in [-0.39, 0.29) is 18.0 Å². The molecule has 2 aliphatic rings. The number of rotatable bonds is 8. The number of aryl methyl sites for hydroxylation is 1. The fourth-order valence-corrected chi connectivity index (χ4v) is 6.31. The van der Waals surface area contributed by atoms with Crippen molar-refractivity contribution in [2.75, 3.05) is 23.4 Å². The lowest BCUT2D eigenvalue weighted by atomic mass is 10.1. The maximum atomic E-state index is 12.8. The number of benzene rings is 2. The molecule has 8 heteroatoms. The second-order valence-corrected chi connectivity index (χ2v) is 12.4. The van der Waals surface area contributed by atoms with Gasteiger partial charge < -0.3 is 19.9 Å². The van der Waals surface area contributed by atoms with Gasteiger partial charge in [0.15, 0.2) is 0 Å². The Hall–Kier alpha value is -2.52. The second kappa shape index (κ2) is 9.85. The van der Waals surface area contributed by atoms with Crippen molar-refractivity contribution in [1.82, 2.24) is 9.88 Å². The number of carbonyl (C=O) groups excluding carboxylic acids is 1. The van der Waals surface area contributed by atoms with Crippen LogP contribution in [0.3, 0.4) is 0 Å². The molecule has 1 amide bonds. The number of carbonyl (C=O) groups is 1. The van der Waals surface area contributed by atoms with Gasteiger partial charge in [0.1, 0.15) is 5.75 Å². The van der Waals surface area contributed by atoms with E-state index in [1.165, 1.54) is 12.8 Å². The lowest BCUT2D eigenvalue weighted by Crippen LogP contribution is -2.38. The smallest absolute Gasteiger partial charge is 0.255 e. The van der Waals surface area contributed by atoms with Crippen LogP contribution in [0.15, 0.2) is 48.5 Å². The van der Waals surface area contributed by atoms with Crippen LogP contribution in [-0.4, -0.2) is 43.7 Å². The third kappa shape index (κ3) is 5.83. The Kier molecular flexibility index (Phi) is 6.81. The highest BCUT2D eigenvalue weighted by Gasteiger charge is 2.26. The molecule has 7 nitrogen and oxygen atoms in total. The largest absolute Gasteiger partial charge is 0.493 e. The molecule has 0 bridgehead atoms. The topological polar surface area (TPSA) is 95.8 Å². The molecule has 2 aromatic carbocycles. The summed E-state index contributed by atoms with van der Waals surface area (Å²) in [7, 11) is -0.317. The van der Waals surface area contributed by atoms with E-state index in [2.05, 4.69) is 35.2 Å². The van der Waals surface area contributed by atoms with Gasteiger partial charge in [-0.1, -0.05) is 0 Å². The Balaban J connectivity index is 1.23. The fraction of sp³-hybridized carbons (Fsp3) is 0.444. The molecule has 1 unspecified atom stereocenters. The summed E-state index contributed by atoms with van der Waals surface area (Å²) in [6.45, 7) is 2.90. The van der Waals surface area contributed by atoms with E-state index in [0.717, 1.165) is 47.5 Å². The van der Waals surface area contributed by atoms with Crippen LogP contribution in [0.1, 0.15) is 54.7 Å². The predicted molar refractivity (Wildman–Crippen MR) is 143 cm³/mol. The minimum Gasteiger partial charge on any atom is -0.493 e. The number of ether oxygens (including phenoxy) is 1. The molecule has 5 rings (SSSR count). The first-order valence-corrected chi connectivity index (χ1v) is 14.3. The van der Waals surface area contributed by atoms with Crippen LogP contribution in [-0.2, 0) is 7.05 Å². The Labute approximate surface area is 208 Å². The molecule has 2 heterocycles. The second-order valence-electron chi connectivity index (χ2n) is 10.0. The summed E-state index contributed by atoms with van der Waals surface area (Å²) in [5.74, 6) is 2.31. The molecular formula is C27H35N3O4S. The number of fused-ring (bicyclic) bond motifs is 1. The first kappa shape index (κ1) is 24.2. The van der Waals surface area contributed by atoms with Gasteiger partial charge >= 0.3 is 0 Å². The predicted octanol–water partition coefficient (Wildman–Crippen LogP) is 5.78. The van der Waals surface area contributed by atoms with Crippen LogP contribution < -0.4 is 15.4 Å². The maximum Gasteiger partial charge on any atom is 0.255 e. The van der Waals surface area contributed by atoms with Crippen molar-refractivity contribution in [2.45, 2.75) is 44.7 Å². The Morgan fingerprint density at radius 3 is 2.49 bits per heavy atom. The van der Waals surface area contributed by atoms with Gasteiger partial charge in [-0.05, 0) is 87.1 Å². The molecule has 2 fully saturated rings. The Bertz CT molecular complexity index is 1190. The van der Waals surface area contributed by atoms with Crippen molar-refractivity contribution in [3.63, 3.8) is 0 Å². The van der Waals surface area contributed by atoms with Crippen molar-refractivity contribution in [2.24, 2.45) is 13.0 Å². The molecule has 4 N–H and O–H groups in total. The molecule has 1 saturated heterocycles. The zero-order chi connectivity index (χ0) is 24.6. The summed E-state index contributed by atoms with van der Waals surface area (Å²) in [6, 6.07) is 15.8. The summed E-state index contributed by atoms with van der Waals surface area (Å²) in [6.07, 6.45) is 4.06. The minimum absolute atomic E-state index is 0.121. The van der Waals surface area contributed by atoms with Gasteiger partial charge in [-0.25, -0.2) is 0 Å². The molecule has 1 aromatic heterocycles. The van der Waals surface area contributed by atoms with Gasteiger partial charge in [-0.15, -0.1) is 0 Å². The van der Waals surface area contributed by atoms with E-state index in [1.54, 1.807) is 12.1 Å². The number of hydrogen-bond donors (Lipinski definition) is 4. The molecule has 1 aliphatic carbocycles. The summed E-state index contributed by atoms with van der Waals surface area (Å²) < 4.78 is 27.7. The van der Waals surface area contributed by atoms with Gasteiger partial charge in [-0.2, -0.15) is 10.6 Å². The molecule has 3 aromatic rings. The first-order valence-electron chi connectivity index (χ1n) is 12.4. The van der Waals surface area contributed by atoms with Gasteiger partial charge in [-0.3, -0.25) is 13.9 Å². The molecule has 188 valence electrons. The van der Waals surface area contributed by atoms with Gasteiger partial charge in [0.2, 0.25) is 0 Å². The monoisotopic (exact) mass is 497 g/mol. The van der Waals surface area contributed by atoms with E-state index in [4.69, 9.17) is 4.74 Å². The SMILES string of the molecule is CC(NC1CCS(O)(O)CC1)c1cc2cc(NC(=O)c3ccc(OCC4CC4)cc3)ccc2n1C. The average molecular weight is 498 g/mol. The Morgan fingerprint density at radius 2 is 1.80 bits per heavy atom. The van der Waals surface area contributed by atoms with Crippen LogP contribution in [0.2, 0.25) is 0 Å². The molecule has 0 spiro atoms. The molecule has 1 atom stereocenters. The maximum absolute atomic E-state index is 12.8. The minimum atomic E-state index is -2.37. The summed E-state index contributed by atoms with van der Waals surface area (Å²) in [5.41, 5.74) is 3.61. The quantitative estimate of drug-likeness (QED) is 0.316. The van der Waals surface area contributed by atoms with E-state index in [1.807, 2.05) is 30.3 Å². The van der Waals surface area contributed by atoms with Crippen molar-refractivity contribution in [3.8, 4) is 5.75 Å². The molecular weight excluding hydrogens is 462 g/mol. The lowest BCUT2D eigenvalue weighted by Gasteiger charge is -2.40. The van der Waals surface area contributed by atoms with E-state index in [9.17, 15) is 13.9 Å². The number of hydrogen-bond acceptors (Lipinski definition) is 5. The third-order valence-electron chi connectivity index (χ3n) is 7.15. The third-order valence-corrected chi connectivity index (χ3v) is 8.93. The highest BCUT2D eigenvalue weighted by Crippen LogP contribution is 2.44. The number of nitrogens with one attached hydrogen (secondary N) is 2. The number of amides is 1. The number of anilines is 1. The van der Waals surface area contributed by atoms with Crippen molar-refractivity contribution >= 4 is 33.1 Å². The van der Waals surface area contributed by atoms with E-state index < -0.39 is 10.6 Å².